The van der Waals surface area contributed by atoms with Gasteiger partial charge in [-0.3, -0.25) is 0 Å². The molecule has 5 rings (SSSR count). The van der Waals surface area contributed by atoms with Crippen LogP contribution in [0.15, 0.2) is 97.1 Å². The summed E-state index contributed by atoms with van der Waals surface area (Å²) in [5.74, 6) is -0.395. The van der Waals surface area contributed by atoms with Gasteiger partial charge in [0.05, 0.1) is 11.1 Å². The van der Waals surface area contributed by atoms with E-state index in [1.54, 1.807) is 30.3 Å². The molecule has 0 saturated heterocycles. The highest BCUT2D eigenvalue weighted by molar-refractivity contribution is 6.30. The summed E-state index contributed by atoms with van der Waals surface area (Å²) in [6.07, 6.45) is -0.579. The van der Waals surface area contributed by atoms with Crippen molar-refractivity contribution in [2.75, 3.05) is 45.2 Å². The molecule has 4 aromatic carbocycles. The standard InChI is InChI=1S/C19H23ClN2.C19H20F3NO2.2ClH/c1-21(2)12-5-13-22-18-7-4-3-6-15(18)8-9-16-10-11-17(20)14-19(16)22;1-14(12-15-6-5-9-17(13-15)19(20,21)22)23-10-11-25-18(24)16-7-3-2-4-8-16;;/h3-4,6-7,10-11,14H,5,8-9,12-13H2,1-2H3;2-9,13-14,23H,10-12H2,1H3;2*1H. The van der Waals surface area contributed by atoms with Gasteiger partial charge in [-0.05, 0) is 106 Å². The third-order valence-corrected chi connectivity index (χ3v) is 8.14. The van der Waals surface area contributed by atoms with Crippen LogP contribution in [0.3, 0.4) is 0 Å². The number of aryl methyl sites for hydroxylation is 2. The van der Waals surface area contributed by atoms with E-state index >= 15 is 0 Å². The number of ether oxygens (including phenoxy) is 1. The number of para-hydroxylation sites is 1. The quantitative estimate of drug-likeness (QED) is 0.123. The van der Waals surface area contributed by atoms with Crippen LogP contribution in [0, 0.1) is 0 Å². The Morgan fingerprint density at radius 3 is 2.27 bits per heavy atom. The maximum absolute atomic E-state index is 12.7. The molecule has 11 heteroatoms. The zero-order chi connectivity index (χ0) is 33.8. The Labute approximate surface area is 305 Å². The van der Waals surface area contributed by atoms with Gasteiger partial charge in [-0.2, -0.15) is 13.2 Å². The molecule has 0 aliphatic carbocycles. The van der Waals surface area contributed by atoms with Gasteiger partial charge < -0.3 is 19.9 Å². The summed E-state index contributed by atoms with van der Waals surface area (Å²) in [4.78, 5) is 16.4. The molecule has 5 nitrogen and oxygen atoms in total. The molecule has 49 heavy (non-hydrogen) atoms. The average molecular weight is 739 g/mol. The van der Waals surface area contributed by atoms with E-state index in [1.165, 1.54) is 28.6 Å². The number of rotatable bonds is 11. The number of esters is 1. The predicted molar refractivity (Wildman–Crippen MR) is 199 cm³/mol. The summed E-state index contributed by atoms with van der Waals surface area (Å²) in [6.45, 7) is 4.61. The van der Waals surface area contributed by atoms with Gasteiger partial charge in [0.2, 0.25) is 0 Å². The Hall–Kier alpha value is -3.27. The summed E-state index contributed by atoms with van der Waals surface area (Å²) in [6, 6.07) is 29.0. The maximum Gasteiger partial charge on any atom is 0.416 e. The zero-order valence-electron chi connectivity index (χ0n) is 28.0. The minimum Gasteiger partial charge on any atom is -0.461 e. The first-order chi connectivity index (χ1) is 22.5. The first-order valence-corrected chi connectivity index (χ1v) is 16.3. The number of carbonyl (C=O) groups is 1. The van der Waals surface area contributed by atoms with Crippen molar-refractivity contribution in [2.24, 2.45) is 0 Å². The average Bonchev–Trinajstić information content (AvgIpc) is 3.20. The van der Waals surface area contributed by atoms with Crippen LogP contribution in [0.4, 0.5) is 24.5 Å². The van der Waals surface area contributed by atoms with E-state index in [1.807, 2.05) is 19.1 Å². The summed E-state index contributed by atoms with van der Waals surface area (Å²) in [5.41, 5.74) is 5.88. The summed E-state index contributed by atoms with van der Waals surface area (Å²) in [5, 5.41) is 3.95. The summed E-state index contributed by atoms with van der Waals surface area (Å²) in [7, 11) is 4.25. The molecule has 1 heterocycles. The van der Waals surface area contributed by atoms with Gasteiger partial charge in [-0.25, -0.2) is 4.79 Å². The van der Waals surface area contributed by atoms with E-state index < -0.39 is 17.7 Å². The van der Waals surface area contributed by atoms with Crippen molar-refractivity contribution in [1.82, 2.24) is 10.2 Å². The number of anilines is 2. The van der Waals surface area contributed by atoms with Gasteiger partial charge in [-0.15, -0.1) is 24.8 Å². The SMILES string of the molecule is CC(Cc1cccc(C(F)(F)F)c1)NCCOC(=O)c1ccccc1.CN(C)CCCN1c2ccccc2CCc2ccc(Cl)cc21.Cl.Cl. The van der Waals surface area contributed by atoms with E-state index in [0.29, 0.717) is 24.1 Å². The molecule has 1 N–H and O–H groups in total. The van der Waals surface area contributed by atoms with Gasteiger partial charge in [0.25, 0.3) is 0 Å². The van der Waals surface area contributed by atoms with Crippen LogP contribution < -0.4 is 10.2 Å². The lowest BCUT2D eigenvalue weighted by Gasteiger charge is -2.27. The lowest BCUT2D eigenvalue weighted by molar-refractivity contribution is -0.137. The van der Waals surface area contributed by atoms with E-state index in [0.717, 1.165) is 49.5 Å². The second-order valence-electron chi connectivity index (χ2n) is 12.0. The van der Waals surface area contributed by atoms with Crippen molar-refractivity contribution in [1.29, 1.82) is 0 Å². The van der Waals surface area contributed by atoms with Crippen LogP contribution in [-0.4, -0.2) is 57.2 Å². The fourth-order valence-electron chi connectivity index (χ4n) is 5.58. The highest BCUT2D eigenvalue weighted by Gasteiger charge is 2.30. The molecule has 0 aromatic heterocycles. The van der Waals surface area contributed by atoms with Crippen molar-refractivity contribution >= 4 is 53.8 Å². The van der Waals surface area contributed by atoms with Gasteiger partial charge in [0, 0.05) is 35.5 Å². The second-order valence-corrected chi connectivity index (χ2v) is 12.4. The highest BCUT2D eigenvalue weighted by atomic mass is 35.5. The number of benzene rings is 4. The number of hydrogen-bond donors (Lipinski definition) is 1. The first-order valence-electron chi connectivity index (χ1n) is 15.9. The van der Waals surface area contributed by atoms with Crippen molar-refractivity contribution < 1.29 is 22.7 Å². The molecule has 0 saturated carbocycles. The molecule has 0 radical (unpaired) electrons. The number of carbonyl (C=O) groups excluding carboxylic acids is 1. The molecule has 0 fully saturated rings. The van der Waals surface area contributed by atoms with Gasteiger partial charge in [0.1, 0.15) is 6.61 Å². The van der Waals surface area contributed by atoms with Crippen LogP contribution in [0.1, 0.15) is 46.0 Å². The molecular weight excluding hydrogens is 694 g/mol. The number of alkyl halides is 3. The lowest BCUT2D eigenvalue weighted by Crippen LogP contribution is -2.31. The molecule has 1 unspecified atom stereocenters. The molecule has 1 atom stereocenters. The molecule has 0 spiro atoms. The van der Waals surface area contributed by atoms with Crippen LogP contribution in [-0.2, 0) is 30.2 Å². The first kappa shape index (κ1) is 41.9. The molecule has 0 bridgehead atoms. The molecule has 1 aliphatic heterocycles. The molecule has 266 valence electrons. The Morgan fingerprint density at radius 1 is 0.898 bits per heavy atom. The fraction of sp³-hybridized carbons (Fsp3) is 0.342. The minimum absolute atomic E-state index is 0. The van der Waals surface area contributed by atoms with E-state index in [9.17, 15) is 18.0 Å². The van der Waals surface area contributed by atoms with E-state index in [2.05, 4.69) is 65.6 Å². The summed E-state index contributed by atoms with van der Waals surface area (Å²) < 4.78 is 43.3. The van der Waals surface area contributed by atoms with Crippen molar-refractivity contribution in [3.8, 4) is 0 Å². The predicted octanol–water partition coefficient (Wildman–Crippen LogP) is 9.45. The minimum atomic E-state index is -4.34. The summed E-state index contributed by atoms with van der Waals surface area (Å²) >= 11 is 6.27. The van der Waals surface area contributed by atoms with E-state index in [-0.39, 0.29) is 37.5 Å². The largest absolute Gasteiger partial charge is 0.461 e. The van der Waals surface area contributed by atoms with Crippen LogP contribution >= 0.6 is 36.4 Å². The van der Waals surface area contributed by atoms with Crippen LogP contribution in [0.5, 0.6) is 0 Å². The molecule has 1 aliphatic rings. The fourth-order valence-corrected chi connectivity index (χ4v) is 5.74. The van der Waals surface area contributed by atoms with Gasteiger partial charge in [-0.1, -0.05) is 72.3 Å². The van der Waals surface area contributed by atoms with Crippen molar-refractivity contribution in [2.45, 2.75) is 44.8 Å². The normalized spacial score (nSPS) is 12.6. The zero-order valence-corrected chi connectivity index (χ0v) is 30.4. The third kappa shape index (κ3) is 13.2. The lowest BCUT2D eigenvalue weighted by atomic mass is 10.0. The number of halogens is 6. The number of hydrogen-bond acceptors (Lipinski definition) is 5. The monoisotopic (exact) mass is 737 g/mol. The maximum atomic E-state index is 12.7. The molecule has 4 aromatic rings. The van der Waals surface area contributed by atoms with Crippen LogP contribution in [0.2, 0.25) is 5.02 Å². The Kier molecular flexibility index (Phi) is 17.5. The Morgan fingerprint density at radius 2 is 1.57 bits per heavy atom. The second kappa shape index (κ2) is 20.4. The topological polar surface area (TPSA) is 44.8 Å². The van der Waals surface area contributed by atoms with Crippen molar-refractivity contribution in [3.05, 3.63) is 130 Å². The highest BCUT2D eigenvalue weighted by Crippen LogP contribution is 2.37. The van der Waals surface area contributed by atoms with Gasteiger partial charge >= 0.3 is 12.1 Å². The number of fused-ring (bicyclic) bond motifs is 2. The van der Waals surface area contributed by atoms with Crippen LogP contribution in [0.25, 0.3) is 0 Å². The van der Waals surface area contributed by atoms with Gasteiger partial charge in [0.15, 0.2) is 0 Å². The number of nitrogens with zero attached hydrogens (tertiary/aromatic N) is 2. The smallest absolute Gasteiger partial charge is 0.416 e. The third-order valence-electron chi connectivity index (χ3n) is 7.90. The van der Waals surface area contributed by atoms with E-state index in [4.69, 9.17) is 16.3 Å². The number of nitrogens with one attached hydrogen (secondary N) is 1. The molecular formula is C38H45Cl3F3N3O2. The van der Waals surface area contributed by atoms with Crippen molar-refractivity contribution in [3.63, 3.8) is 0 Å². The Bertz CT molecular complexity index is 1590. The Balaban J connectivity index is 0.000000329. The molecule has 0 amide bonds.